The van der Waals surface area contributed by atoms with E-state index < -0.39 is 6.04 Å². The van der Waals surface area contributed by atoms with Crippen LogP contribution in [0.15, 0.2) is 29.8 Å². The number of hydrogen-bond acceptors (Lipinski definition) is 5. The molecule has 1 aromatic heterocycles. The van der Waals surface area contributed by atoms with Gasteiger partial charge in [-0.05, 0) is 18.2 Å². The maximum Gasteiger partial charge on any atom is 0.204 e. The number of nitrogens with two attached hydrogens (primary N) is 1. The van der Waals surface area contributed by atoms with Crippen LogP contribution in [0.1, 0.15) is 16.2 Å². The molecule has 1 unspecified atom stereocenters. The van der Waals surface area contributed by atoms with Crippen molar-refractivity contribution in [3.63, 3.8) is 0 Å². The number of para-hydroxylation sites is 2. The SMILES string of the molecule is NC1C(=O)c2nc3ccccc3nc2C=C1C=O. The van der Waals surface area contributed by atoms with E-state index in [9.17, 15) is 9.59 Å². The van der Waals surface area contributed by atoms with Gasteiger partial charge < -0.3 is 5.73 Å². The van der Waals surface area contributed by atoms with Crippen molar-refractivity contribution in [1.82, 2.24) is 9.97 Å². The Labute approximate surface area is 102 Å². The minimum Gasteiger partial charge on any atom is -0.317 e. The van der Waals surface area contributed by atoms with Gasteiger partial charge in [-0.15, -0.1) is 0 Å². The molecule has 0 bridgehead atoms. The van der Waals surface area contributed by atoms with Crippen molar-refractivity contribution in [3.8, 4) is 0 Å². The van der Waals surface area contributed by atoms with Crippen LogP contribution in [0.4, 0.5) is 0 Å². The summed E-state index contributed by atoms with van der Waals surface area (Å²) in [4.78, 5) is 31.4. The summed E-state index contributed by atoms with van der Waals surface area (Å²) in [5.41, 5.74) is 7.86. The van der Waals surface area contributed by atoms with Gasteiger partial charge in [-0.25, -0.2) is 9.97 Å². The molecule has 5 heteroatoms. The highest BCUT2D eigenvalue weighted by molar-refractivity contribution is 6.11. The molecule has 0 aliphatic heterocycles. The highest BCUT2D eigenvalue weighted by Gasteiger charge is 2.29. The quantitative estimate of drug-likeness (QED) is 0.741. The second-order valence-electron chi connectivity index (χ2n) is 4.05. The predicted octanol–water partition coefficient (Wildman–Crippen LogP) is 0.736. The molecule has 0 spiro atoms. The highest BCUT2D eigenvalue weighted by Crippen LogP contribution is 2.22. The molecular formula is C13H9N3O2. The molecule has 0 radical (unpaired) electrons. The molecule has 0 saturated heterocycles. The molecule has 88 valence electrons. The van der Waals surface area contributed by atoms with Gasteiger partial charge >= 0.3 is 0 Å². The lowest BCUT2D eigenvalue weighted by molar-refractivity contribution is -0.105. The summed E-state index contributed by atoms with van der Waals surface area (Å²) in [5.74, 6) is -0.368. The molecule has 1 aliphatic carbocycles. The molecule has 1 aromatic carbocycles. The Kier molecular flexibility index (Phi) is 2.28. The van der Waals surface area contributed by atoms with Gasteiger partial charge in [0.25, 0.3) is 0 Å². The lowest BCUT2D eigenvalue weighted by Crippen LogP contribution is -2.36. The van der Waals surface area contributed by atoms with Gasteiger partial charge in [-0.2, -0.15) is 0 Å². The van der Waals surface area contributed by atoms with Gasteiger partial charge in [0.2, 0.25) is 5.78 Å². The summed E-state index contributed by atoms with van der Waals surface area (Å²) < 4.78 is 0. The van der Waals surface area contributed by atoms with Crippen LogP contribution < -0.4 is 5.73 Å². The van der Waals surface area contributed by atoms with Crippen LogP contribution in [0, 0.1) is 0 Å². The second-order valence-corrected chi connectivity index (χ2v) is 4.05. The van der Waals surface area contributed by atoms with Crippen molar-refractivity contribution in [3.05, 3.63) is 41.2 Å². The third kappa shape index (κ3) is 1.45. The van der Waals surface area contributed by atoms with Crippen LogP contribution in [0.5, 0.6) is 0 Å². The van der Waals surface area contributed by atoms with Crippen LogP contribution >= 0.6 is 0 Å². The van der Waals surface area contributed by atoms with E-state index in [1.807, 2.05) is 12.1 Å². The predicted molar refractivity (Wildman–Crippen MR) is 65.9 cm³/mol. The fourth-order valence-corrected chi connectivity index (χ4v) is 1.95. The van der Waals surface area contributed by atoms with Crippen molar-refractivity contribution in [2.24, 2.45) is 5.73 Å². The van der Waals surface area contributed by atoms with Crippen LogP contribution in [0.25, 0.3) is 17.1 Å². The van der Waals surface area contributed by atoms with Gasteiger partial charge in [0.1, 0.15) is 12.0 Å². The monoisotopic (exact) mass is 239 g/mol. The molecule has 0 fully saturated rings. The first-order valence-corrected chi connectivity index (χ1v) is 5.44. The number of ketones is 1. The standard InChI is InChI=1S/C13H9N3O2/c14-11-7(6-17)5-10-12(13(11)18)16-9-4-2-1-3-8(9)15-10/h1-6,11H,14H2. The number of benzene rings is 1. The summed E-state index contributed by atoms with van der Waals surface area (Å²) >= 11 is 0. The molecule has 2 N–H and O–H groups in total. The third-order valence-corrected chi connectivity index (χ3v) is 2.91. The molecule has 0 saturated carbocycles. The largest absolute Gasteiger partial charge is 0.317 e. The normalized spacial score (nSPS) is 18.4. The van der Waals surface area contributed by atoms with E-state index in [2.05, 4.69) is 9.97 Å². The Morgan fingerprint density at radius 1 is 1.17 bits per heavy atom. The number of aromatic nitrogens is 2. The first-order valence-electron chi connectivity index (χ1n) is 5.44. The van der Waals surface area contributed by atoms with Gasteiger partial charge in [-0.3, -0.25) is 9.59 Å². The van der Waals surface area contributed by atoms with Crippen molar-refractivity contribution in [2.45, 2.75) is 6.04 Å². The number of carbonyl (C=O) groups excluding carboxylic acids is 2. The Balaban J connectivity index is 2.32. The molecule has 1 atom stereocenters. The summed E-state index contributed by atoms with van der Waals surface area (Å²) in [5, 5.41) is 0. The van der Waals surface area contributed by atoms with Crippen molar-refractivity contribution < 1.29 is 9.59 Å². The van der Waals surface area contributed by atoms with E-state index >= 15 is 0 Å². The molecule has 5 nitrogen and oxygen atoms in total. The molecule has 1 aliphatic rings. The van der Waals surface area contributed by atoms with Crippen LogP contribution in [-0.2, 0) is 4.79 Å². The second kappa shape index (κ2) is 3.82. The first kappa shape index (κ1) is 10.7. The number of nitrogens with zero attached hydrogens (tertiary/aromatic N) is 2. The summed E-state index contributed by atoms with van der Waals surface area (Å²) in [6, 6.07) is 6.30. The van der Waals surface area contributed by atoms with Crippen LogP contribution in [0.3, 0.4) is 0 Å². The Hall–Kier alpha value is -2.40. The molecule has 0 amide bonds. The van der Waals surface area contributed by atoms with Crippen LogP contribution in [-0.4, -0.2) is 28.1 Å². The zero-order valence-corrected chi connectivity index (χ0v) is 9.33. The van der Waals surface area contributed by atoms with E-state index in [4.69, 9.17) is 5.73 Å². The lowest BCUT2D eigenvalue weighted by Gasteiger charge is -2.17. The topological polar surface area (TPSA) is 85.9 Å². The average molecular weight is 239 g/mol. The van der Waals surface area contributed by atoms with Gasteiger partial charge in [-0.1, -0.05) is 12.1 Å². The molecule has 1 heterocycles. The van der Waals surface area contributed by atoms with Gasteiger partial charge in [0, 0.05) is 5.57 Å². The fraction of sp³-hybridized carbons (Fsp3) is 0.0769. The zero-order valence-electron chi connectivity index (χ0n) is 9.33. The zero-order chi connectivity index (χ0) is 12.7. The van der Waals surface area contributed by atoms with E-state index in [0.717, 1.165) is 0 Å². The highest BCUT2D eigenvalue weighted by atomic mass is 16.1. The minimum absolute atomic E-state index is 0.229. The number of carbonyl (C=O) groups is 2. The average Bonchev–Trinajstić information content (AvgIpc) is 2.41. The number of hydrogen-bond donors (Lipinski definition) is 1. The van der Waals surface area contributed by atoms with E-state index in [1.54, 1.807) is 12.1 Å². The maximum absolute atomic E-state index is 12.0. The number of rotatable bonds is 1. The Bertz CT molecular complexity index is 706. The van der Waals surface area contributed by atoms with E-state index in [0.29, 0.717) is 23.0 Å². The Morgan fingerprint density at radius 3 is 2.50 bits per heavy atom. The van der Waals surface area contributed by atoms with E-state index in [1.165, 1.54) is 6.08 Å². The molecular weight excluding hydrogens is 230 g/mol. The minimum atomic E-state index is -0.939. The summed E-state index contributed by atoms with van der Waals surface area (Å²) in [6.45, 7) is 0. The fourth-order valence-electron chi connectivity index (χ4n) is 1.95. The van der Waals surface area contributed by atoms with E-state index in [-0.39, 0.29) is 17.1 Å². The smallest absolute Gasteiger partial charge is 0.204 e. The van der Waals surface area contributed by atoms with Crippen molar-refractivity contribution in [2.75, 3.05) is 0 Å². The van der Waals surface area contributed by atoms with Gasteiger partial charge in [0.15, 0.2) is 0 Å². The summed E-state index contributed by atoms with van der Waals surface area (Å²) in [7, 11) is 0. The molecule has 18 heavy (non-hydrogen) atoms. The number of Topliss-reactive ketones (excluding diaryl/α,β-unsaturated/α-hetero) is 1. The van der Waals surface area contributed by atoms with Crippen LogP contribution in [0.2, 0.25) is 0 Å². The number of aldehydes is 1. The maximum atomic E-state index is 12.0. The van der Waals surface area contributed by atoms with Crippen molar-refractivity contribution in [1.29, 1.82) is 0 Å². The lowest BCUT2D eigenvalue weighted by atomic mass is 9.94. The van der Waals surface area contributed by atoms with Crippen molar-refractivity contribution >= 4 is 29.2 Å². The third-order valence-electron chi connectivity index (χ3n) is 2.91. The first-order chi connectivity index (χ1) is 8.70. The number of fused-ring (bicyclic) bond motifs is 2. The van der Waals surface area contributed by atoms with Gasteiger partial charge in [0.05, 0.1) is 22.8 Å². The summed E-state index contributed by atoms with van der Waals surface area (Å²) in [6.07, 6.45) is 2.11. The molecule has 3 rings (SSSR count). The molecule has 2 aromatic rings. The Morgan fingerprint density at radius 2 is 1.83 bits per heavy atom.